The highest BCUT2D eigenvalue weighted by Gasteiger charge is 2.19. The van der Waals surface area contributed by atoms with E-state index in [-0.39, 0.29) is 18.6 Å². The van der Waals surface area contributed by atoms with Crippen LogP contribution < -0.4 is 0 Å². The van der Waals surface area contributed by atoms with Gasteiger partial charge in [0.2, 0.25) is 5.91 Å². The number of hydrogen-bond donors (Lipinski definition) is 0. The molecule has 0 bridgehead atoms. The molecule has 0 aliphatic carbocycles. The molecule has 1 aliphatic heterocycles. The Morgan fingerprint density at radius 3 is 3.00 bits per heavy atom. The summed E-state index contributed by atoms with van der Waals surface area (Å²) >= 11 is 0. The molecular weight excluding hydrogens is 170 g/mol. The van der Waals surface area contributed by atoms with Crippen molar-refractivity contribution in [1.29, 1.82) is 0 Å². The first-order valence-electron chi connectivity index (χ1n) is 4.58. The van der Waals surface area contributed by atoms with Crippen molar-refractivity contribution in [2.45, 2.75) is 18.9 Å². The minimum absolute atomic E-state index is 0.0120. The van der Waals surface area contributed by atoms with Crippen LogP contribution in [-0.2, 0) is 14.3 Å². The molecule has 0 radical (unpaired) electrons. The monoisotopic (exact) mass is 187 g/mol. The van der Waals surface area contributed by atoms with E-state index in [0.29, 0.717) is 6.54 Å². The smallest absolute Gasteiger partial charge is 0.248 e. The molecule has 76 valence electrons. The highest BCUT2D eigenvalue weighted by Crippen LogP contribution is 2.12. The van der Waals surface area contributed by atoms with Crippen LogP contribution in [0.4, 0.5) is 0 Å². The predicted octanol–water partition coefficient (Wildman–Crippen LogP) is 0.270. The van der Waals surface area contributed by atoms with Crippen LogP contribution >= 0.6 is 0 Å². The standard InChI is InChI=1S/C9H17NO3/c1-10(9(11)7-12-2)6-8-4-3-5-13-8/h8H,3-7H2,1-2H3. The molecule has 0 aromatic rings. The topological polar surface area (TPSA) is 38.8 Å². The molecule has 1 fully saturated rings. The van der Waals surface area contributed by atoms with Gasteiger partial charge in [0.05, 0.1) is 6.10 Å². The average Bonchev–Trinajstić information content (AvgIpc) is 2.57. The van der Waals surface area contributed by atoms with E-state index in [4.69, 9.17) is 9.47 Å². The van der Waals surface area contributed by atoms with Gasteiger partial charge >= 0.3 is 0 Å². The van der Waals surface area contributed by atoms with Gasteiger partial charge in [-0.15, -0.1) is 0 Å². The first kappa shape index (κ1) is 10.5. The van der Waals surface area contributed by atoms with Gasteiger partial charge in [-0.25, -0.2) is 0 Å². The van der Waals surface area contributed by atoms with Gasteiger partial charge in [0, 0.05) is 27.3 Å². The van der Waals surface area contributed by atoms with Gasteiger partial charge in [-0.2, -0.15) is 0 Å². The molecule has 0 saturated carbocycles. The fourth-order valence-electron chi connectivity index (χ4n) is 1.43. The SMILES string of the molecule is COCC(=O)N(C)CC1CCCO1. The number of carbonyl (C=O) groups excluding carboxylic acids is 1. The van der Waals surface area contributed by atoms with Crippen LogP contribution in [0, 0.1) is 0 Å². The lowest BCUT2D eigenvalue weighted by atomic mass is 10.2. The molecule has 1 atom stereocenters. The fraction of sp³-hybridized carbons (Fsp3) is 0.889. The Labute approximate surface area is 78.8 Å². The summed E-state index contributed by atoms with van der Waals surface area (Å²) in [5.41, 5.74) is 0. The zero-order valence-electron chi connectivity index (χ0n) is 8.28. The van der Waals surface area contributed by atoms with E-state index >= 15 is 0 Å². The van der Waals surface area contributed by atoms with Crippen molar-refractivity contribution in [3.8, 4) is 0 Å². The molecule has 4 heteroatoms. The van der Waals surface area contributed by atoms with Crippen LogP contribution in [0.2, 0.25) is 0 Å². The molecule has 1 heterocycles. The van der Waals surface area contributed by atoms with Crippen molar-refractivity contribution in [2.24, 2.45) is 0 Å². The van der Waals surface area contributed by atoms with E-state index in [1.165, 1.54) is 7.11 Å². The van der Waals surface area contributed by atoms with Gasteiger partial charge in [-0.3, -0.25) is 4.79 Å². The molecule has 0 aromatic carbocycles. The van der Waals surface area contributed by atoms with E-state index in [1.807, 2.05) is 0 Å². The van der Waals surface area contributed by atoms with Gasteiger partial charge in [-0.05, 0) is 12.8 Å². The van der Waals surface area contributed by atoms with Crippen molar-refractivity contribution >= 4 is 5.91 Å². The van der Waals surface area contributed by atoms with Crippen molar-refractivity contribution in [1.82, 2.24) is 4.90 Å². The number of amides is 1. The molecular formula is C9H17NO3. The summed E-state index contributed by atoms with van der Waals surface area (Å²) in [5, 5.41) is 0. The number of nitrogens with zero attached hydrogens (tertiary/aromatic N) is 1. The predicted molar refractivity (Wildman–Crippen MR) is 48.5 cm³/mol. The summed E-state index contributed by atoms with van der Waals surface area (Å²) in [7, 11) is 3.31. The fourth-order valence-corrected chi connectivity index (χ4v) is 1.43. The maximum absolute atomic E-state index is 11.3. The quantitative estimate of drug-likeness (QED) is 0.634. The molecule has 13 heavy (non-hydrogen) atoms. The summed E-state index contributed by atoms with van der Waals surface area (Å²) in [4.78, 5) is 12.9. The molecule has 1 aliphatic rings. The zero-order valence-corrected chi connectivity index (χ0v) is 8.28. The van der Waals surface area contributed by atoms with Gasteiger partial charge in [0.1, 0.15) is 6.61 Å². The summed E-state index contributed by atoms with van der Waals surface area (Å²) in [6.45, 7) is 1.67. The Kier molecular flexibility index (Phi) is 4.18. The number of carbonyl (C=O) groups is 1. The van der Waals surface area contributed by atoms with Crippen molar-refractivity contribution in [3.63, 3.8) is 0 Å². The van der Waals surface area contributed by atoms with E-state index < -0.39 is 0 Å². The van der Waals surface area contributed by atoms with Crippen molar-refractivity contribution in [3.05, 3.63) is 0 Å². The Balaban J connectivity index is 2.22. The lowest BCUT2D eigenvalue weighted by Gasteiger charge is -2.20. The molecule has 0 N–H and O–H groups in total. The second-order valence-electron chi connectivity index (χ2n) is 3.34. The minimum Gasteiger partial charge on any atom is -0.376 e. The van der Waals surface area contributed by atoms with Crippen LogP contribution in [0.5, 0.6) is 0 Å². The maximum Gasteiger partial charge on any atom is 0.248 e. The Morgan fingerprint density at radius 2 is 2.46 bits per heavy atom. The third-order valence-electron chi connectivity index (χ3n) is 2.20. The zero-order chi connectivity index (χ0) is 9.68. The van der Waals surface area contributed by atoms with E-state index in [0.717, 1.165) is 19.4 Å². The number of ether oxygens (including phenoxy) is 2. The lowest BCUT2D eigenvalue weighted by Crippen LogP contribution is -2.36. The molecule has 1 amide bonds. The maximum atomic E-state index is 11.3. The van der Waals surface area contributed by atoms with Crippen molar-refractivity contribution in [2.75, 3.05) is 33.9 Å². The molecule has 0 aromatic heterocycles. The van der Waals surface area contributed by atoms with E-state index in [1.54, 1.807) is 11.9 Å². The Morgan fingerprint density at radius 1 is 1.69 bits per heavy atom. The molecule has 0 spiro atoms. The summed E-state index contributed by atoms with van der Waals surface area (Å²) in [6, 6.07) is 0. The summed E-state index contributed by atoms with van der Waals surface area (Å²) < 4.78 is 10.2. The second kappa shape index (κ2) is 5.19. The van der Waals surface area contributed by atoms with Crippen LogP contribution in [-0.4, -0.2) is 50.8 Å². The second-order valence-corrected chi connectivity index (χ2v) is 3.34. The van der Waals surface area contributed by atoms with Gasteiger partial charge in [0.25, 0.3) is 0 Å². The van der Waals surface area contributed by atoms with Crippen LogP contribution in [0.25, 0.3) is 0 Å². The first-order valence-corrected chi connectivity index (χ1v) is 4.58. The average molecular weight is 187 g/mol. The van der Waals surface area contributed by atoms with Gasteiger partial charge < -0.3 is 14.4 Å². The summed E-state index contributed by atoms with van der Waals surface area (Å²) in [6.07, 6.45) is 2.40. The number of methoxy groups -OCH3 is 1. The largest absolute Gasteiger partial charge is 0.376 e. The highest BCUT2D eigenvalue weighted by molar-refractivity contribution is 5.77. The first-order chi connectivity index (χ1) is 6.24. The van der Waals surface area contributed by atoms with Gasteiger partial charge in [0.15, 0.2) is 0 Å². The number of likely N-dealkylation sites (N-methyl/N-ethyl adjacent to an activating group) is 1. The Bertz CT molecular complexity index is 166. The molecule has 4 nitrogen and oxygen atoms in total. The van der Waals surface area contributed by atoms with Crippen LogP contribution in [0.3, 0.4) is 0 Å². The van der Waals surface area contributed by atoms with Crippen LogP contribution in [0.15, 0.2) is 0 Å². The van der Waals surface area contributed by atoms with E-state index in [2.05, 4.69) is 0 Å². The normalized spacial score (nSPS) is 21.8. The van der Waals surface area contributed by atoms with Gasteiger partial charge in [-0.1, -0.05) is 0 Å². The molecule has 1 unspecified atom stereocenters. The number of rotatable bonds is 4. The summed E-state index contributed by atoms with van der Waals surface area (Å²) in [5.74, 6) is 0.0120. The third kappa shape index (κ3) is 3.32. The van der Waals surface area contributed by atoms with Crippen LogP contribution in [0.1, 0.15) is 12.8 Å². The minimum atomic E-state index is 0.0120. The molecule has 1 saturated heterocycles. The molecule has 1 rings (SSSR count). The lowest BCUT2D eigenvalue weighted by molar-refractivity contribution is -0.135. The van der Waals surface area contributed by atoms with E-state index in [9.17, 15) is 4.79 Å². The third-order valence-corrected chi connectivity index (χ3v) is 2.20. The Hall–Kier alpha value is -0.610. The highest BCUT2D eigenvalue weighted by atomic mass is 16.5. The van der Waals surface area contributed by atoms with Crippen molar-refractivity contribution < 1.29 is 14.3 Å². The number of hydrogen-bond acceptors (Lipinski definition) is 3.